The molecule has 1 fully saturated rings. The third-order valence-corrected chi connectivity index (χ3v) is 6.16. The standard InChI is InChI=1S/C26H27FO4/c1-3-26(4-2)22(14-13-20-15-19(28)16-24(29)30-20)25(17-9-11-18(27)12-10-17)21-7-5-6-8-23(21)31-26/h5-14,19-20,28H,3-4,15-16H2,1-2H3/t19-,20-/m0/s1. The van der Waals surface area contributed by atoms with Gasteiger partial charge in [0.2, 0.25) is 0 Å². The molecule has 2 atom stereocenters. The molecular weight excluding hydrogens is 395 g/mol. The number of benzene rings is 2. The molecule has 162 valence electrons. The molecule has 4 nitrogen and oxygen atoms in total. The zero-order valence-corrected chi connectivity index (χ0v) is 17.8. The number of para-hydroxylation sites is 1. The average Bonchev–Trinajstić information content (AvgIpc) is 2.76. The summed E-state index contributed by atoms with van der Waals surface area (Å²) in [7, 11) is 0. The Labute approximate surface area is 182 Å². The second-order valence-corrected chi connectivity index (χ2v) is 8.08. The van der Waals surface area contributed by atoms with E-state index in [1.807, 2.05) is 36.4 Å². The fourth-order valence-corrected chi connectivity index (χ4v) is 4.47. The number of esters is 1. The molecule has 1 N–H and O–H groups in total. The first kappa shape index (κ1) is 21.3. The predicted octanol–water partition coefficient (Wildman–Crippen LogP) is 5.20. The third-order valence-electron chi connectivity index (χ3n) is 6.16. The predicted molar refractivity (Wildman–Crippen MR) is 117 cm³/mol. The quantitative estimate of drug-likeness (QED) is 0.673. The summed E-state index contributed by atoms with van der Waals surface area (Å²) < 4.78 is 25.6. The van der Waals surface area contributed by atoms with Crippen molar-refractivity contribution >= 4 is 11.5 Å². The largest absolute Gasteiger partial charge is 0.482 e. The minimum atomic E-state index is -0.702. The molecular formula is C26H27FO4. The van der Waals surface area contributed by atoms with Crippen LogP contribution in [-0.2, 0) is 9.53 Å². The van der Waals surface area contributed by atoms with Crippen molar-refractivity contribution in [3.63, 3.8) is 0 Å². The molecule has 0 aromatic heterocycles. The summed E-state index contributed by atoms with van der Waals surface area (Å²) in [5.41, 5.74) is 3.19. The van der Waals surface area contributed by atoms with E-state index in [9.17, 15) is 14.3 Å². The van der Waals surface area contributed by atoms with Gasteiger partial charge in [-0.3, -0.25) is 4.79 Å². The van der Waals surface area contributed by atoms with E-state index in [2.05, 4.69) is 13.8 Å². The van der Waals surface area contributed by atoms with Crippen molar-refractivity contribution < 1.29 is 23.8 Å². The Morgan fingerprint density at radius 1 is 1.13 bits per heavy atom. The second kappa shape index (κ2) is 8.67. The molecule has 2 aliphatic rings. The number of ether oxygens (including phenoxy) is 2. The van der Waals surface area contributed by atoms with Gasteiger partial charge in [0, 0.05) is 17.6 Å². The first-order chi connectivity index (χ1) is 15.0. The van der Waals surface area contributed by atoms with Crippen molar-refractivity contribution in [1.82, 2.24) is 0 Å². The number of carbonyl (C=O) groups is 1. The van der Waals surface area contributed by atoms with Crippen molar-refractivity contribution in [2.24, 2.45) is 0 Å². The van der Waals surface area contributed by atoms with Crippen LogP contribution in [0, 0.1) is 5.82 Å². The summed E-state index contributed by atoms with van der Waals surface area (Å²) in [5, 5.41) is 9.96. The Balaban J connectivity index is 1.89. The summed E-state index contributed by atoms with van der Waals surface area (Å²) >= 11 is 0. The number of hydrogen-bond donors (Lipinski definition) is 1. The van der Waals surface area contributed by atoms with E-state index >= 15 is 0 Å². The number of fused-ring (bicyclic) bond motifs is 1. The minimum absolute atomic E-state index is 0.0260. The van der Waals surface area contributed by atoms with Gasteiger partial charge in [0.25, 0.3) is 0 Å². The molecule has 0 spiro atoms. The van der Waals surface area contributed by atoms with Crippen LogP contribution in [0.25, 0.3) is 5.57 Å². The highest BCUT2D eigenvalue weighted by molar-refractivity contribution is 5.88. The highest BCUT2D eigenvalue weighted by Gasteiger charge is 2.39. The van der Waals surface area contributed by atoms with Crippen LogP contribution in [0.5, 0.6) is 5.75 Å². The van der Waals surface area contributed by atoms with Gasteiger partial charge in [-0.05, 0) is 48.3 Å². The molecule has 0 amide bonds. The lowest BCUT2D eigenvalue weighted by Gasteiger charge is -2.40. The fourth-order valence-electron chi connectivity index (χ4n) is 4.47. The van der Waals surface area contributed by atoms with Gasteiger partial charge < -0.3 is 14.6 Å². The normalized spacial score (nSPS) is 22.8. The van der Waals surface area contributed by atoms with Gasteiger partial charge >= 0.3 is 5.97 Å². The van der Waals surface area contributed by atoms with E-state index in [1.165, 1.54) is 12.1 Å². The summed E-state index contributed by atoms with van der Waals surface area (Å²) in [6, 6.07) is 14.3. The van der Waals surface area contributed by atoms with Crippen molar-refractivity contribution in [3.8, 4) is 5.75 Å². The number of carbonyl (C=O) groups excluding carboxylic acids is 1. The molecule has 0 radical (unpaired) electrons. The number of hydrogen-bond acceptors (Lipinski definition) is 4. The molecule has 4 rings (SSSR count). The van der Waals surface area contributed by atoms with Crippen LogP contribution in [0.3, 0.4) is 0 Å². The van der Waals surface area contributed by atoms with Gasteiger partial charge in [-0.1, -0.05) is 50.3 Å². The van der Waals surface area contributed by atoms with Crippen LogP contribution in [0.2, 0.25) is 0 Å². The van der Waals surface area contributed by atoms with Crippen LogP contribution in [0.15, 0.2) is 66.3 Å². The highest BCUT2D eigenvalue weighted by Crippen LogP contribution is 2.47. The molecule has 2 aromatic carbocycles. The maximum absolute atomic E-state index is 13.7. The molecule has 1 saturated heterocycles. The molecule has 31 heavy (non-hydrogen) atoms. The Hall–Kier alpha value is -2.92. The summed E-state index contributed by atoms with van der Waals surface area (Å²) in [6.07, 6.45) is 4.44. The Kier molecular flexibility index (Phi) is 5.96. The molecule has 0 saturated carbocycles. The fraction of sp³-hybridized carbons (Fsp3) is 0.346. The lowest BCUT2D eigenvalue weighted by molar-refractivity contribution is -0.156. The van der Waals surface area contributed by atoms with E-state index in [4.69, 9.17) is 9.47 Å². The van der Waals surface area contributed by atoms with Gasteiger partial charge in [0.05, 0.1) is 12.5 Å². The molecule has 2 heterocycles. The van der Waals surface area contributed by atoms with Gasteiger partial charge in [0.1, 0.15) is 23.3 Å². The van der Waals surface area contributed by atoms with E-state index in [-0.39, 0.29) is 12.2 Å². The average molecular weight is 422 g/mol. The Bertz CT molecular complexity index is 1020. The van der Waals surface area contributed by atoms with Gasteiger partial charge in [-0.25, -0.2) is 4.39 Å². The SMILES string of the molecule is CCC1(CC)Oc2ccccc2C(c2ccc(F)cc2)=C1C=C[C@H]1C[C@H](O)CC(=O)O1. The van der Waals surface area contributed by atoms with E-state index in [1.54, 1.807) is 12.1 Å². The lowest BCUT2D eigenvalue weighted by Crippen LogP contribution is -2.40. The van der Waals surface area contributed by atoms with Crippen molar-refractivity contribution in [2.75, 3.05) is 0 Å². The molecule has 2 aromatic rings. The minimum Gasteiger partial charge on any atom is -0.482 e. The summed E-state index contributed by atoms with van der Waals surface area (Å²) in [4.78, 5) is 11.8. The van der Waals surface area contributed by atoms with Gasteiger partial charge in [-0.2, -0.15) is 0 Å². The molecule has 5 heteroatoms. The highest BCUT2D eigenvalue weighted by atomic mass is 19.1. The maximum Gasteiger partial charge on any atom is 0.309 e. The smallest absolute Gasteiger partial charge is 0.309 e. The molecule has 0 unspecified atom stereocenters. The summed E-state index contributed by atoms with van der Waals surface area (Å²) in [5.74, 6) is 0.105. The Morgan fingerprint density at radius 2 is 1.84 bits per heavy atom. The van der Waals surface area contributed by atoms with E-state index in [0.717, 1.165) is 40.9 Å². The van der Waals surface area contributed by atoms with Crippen molar-refractivity contribution in [1.29, 1.82) is 0 Å². The third kappa shape index (κ3) is 4.15. The first-order valence-electron chi connectivity index (χ1n) is 10.8. The second-order valence-electron chi connectivity index (χ2n) is 8.08. The van der Waals surface area contributed by atoms with Gasteiger partial charge in [0.15, 0.2) is 0 Å². The molecule has 0 bridgehead atoms. The number of halogens is 1. The van der Waals surface area contributed by atoms with Gasteiger partial charge in [-0.15, -0.1) is 0 Å². The summed E-state index contributed by atoms with van der Waals surface area (Å²) in [6.45, 7) is 4.16. The Morgan fingerprint density at radius 3 is 2.52 bits per heavy atom. The van der Waals surface area contributed by atoms with Crippen LogP contribution in [0.1, 0.15) is 50.7 Å². The first-order valence-corrected chi connectivity index (χ1v) is 10.8. The van der Waals surface area contributed by atoms with E-state index < -0.39 is 23.8 Å². The van der Waals surface area contributed by atoms with Crippen molar-refractivity contribution in [2.45, 2.75) is 57.3 Å². The molecule has 2 aliphatic heterocycles. The topological polar surface area (TPSA) is 55.8 Å². The van der Waals surface area contributed by atoms with Crippen molar-refractivity contribution in [3.05, 3.63) is 83.2 Å². The van der Waals surface area contributed by atoms with Crippen LogP contribution in [0.4, 0.5) is 4.39 Å². The van der Waals surface area contributed by atoms with Crippen LogP contribution in [-0.4, -0.2) is 28.9 Å². The molecule has 0 aliphatic carbocycles. The maximum atomic E-state index is 13.7. The zero-order valence-electron chi connectivity index (χ0n) is 17.8. The lowest BCUT2D eigenvalue weighted by atomic mass is 9.77. The number of rotatable bonds is 5. The number of cyclic esters (lactones) is 1. The van der Waals surface area contributed by atoms with E-state index in [0.29, 0.717) is 6.42 Å². The van der Waals surface area contributed by atoms with Crippen LogP contribution < -0.4 is 4.74 Å². The zero-order chi connectivity index (χ0) is 22.0. The monoisotopic (exact) mass is 422 g/mol. The number of aliphatic hydroxyl groups is 1. The van der Waals surface area contributed by atoms with Crippen LogP contribution >= 0.6 is 0 Å². The number of aliphatic hydroxyl groups excluding tert-OH is 1.